The van der Waals surface area contributed by atoms with Crippen molar-refractivity contribution < 1.29 is 52.6 Å². The molecule has 1 aliphatic heterocycles. The van der Waals surface area contributed by atoms with Gasteiger partial charge in [0.05, 0.1) is 101 Å². The highest BCUT2D eigenvalue weighted by Gasteiger charge is 2.44. The highest BCUT2D eigenvalue weighted by Crippen LogP contribution is 2.30. The number of fused-ring (bicyclic) bond motifs is 1. The van der Waals surface area contributed by atoms with Gasteiger partial charge in [-0.2, -0.15) is 0 Å². The lowest BCUT2D eigenvalue weighted by Gasteiger charge is -2.35. The molecule has 1 saturated heterocycles. The van der Waals surface area contributed by atoms with Crippen molar-refractivity contribution in [1.82, 2.24) is 30.5 Å². The van der Waals surface area contributed by atoms with Gasteiger partial charge in [0, 0.05) is 60.7 Å². The van der Waals surface area contributed by atoms with Crippen molar-refractivity contribution in [2.75, 3.05) is 92.4 Å². The number of aromatic nitrogens is 3. The molecule has 0 unspecified atom stereocenters. The topological polar surface area (TPSA) is 202 Å². The van der Waals surface area contributed by atoms with Gasteiger partial charge in [-0.25, -0.2) is 4.98 Å². The van der Waals surface area contributed by atoms with Crippen LogP contribution in [0.25, 0.3) is 21.2 Å². The number of benzene rings is 2. The van der Waals surface area contributed by atoms with Crippen LogP contribution in [0, 0.1) is 19.3 Å². The summed E-state index contributed by atoms with van der Waals surface area (Å²) < 4.78 is 39.5. The molecule has 0 bridgehead atoms. The van der Waals surface area contributed by atoms with Crippen molar-refractivity contribution in [3.8, 4) is 16.2 Å². The summed E-state index contributed by atoms with van der Waals surface area (Å²) >= 11 is 1.57. The molecule has 4 heterocycles. The van der Waals surface area contributed by atoms with Crippen LogP contribution in [0.5, 0.6) is 5.75 Å². The van der Waals surface area contributed by atoms with Crippen molar-refractivity contribution in [3.63, 3.8) is 0 Å². The Labute approximate surface area is 420 Å². The number of hydrogen-bond acceptors (Lipinski definition) is 15. The summed E-state index contributed by atoms with van der Waals surface area (Å²) in [5.41, 5.74) is 7.11. The number of aliphatic hydroxyl groups is 1. The molecule has 17 nitrogen and oxygen atoms in total. The molecule has 3 amide bonds. The monoisotopic (exact) mass is 998 g/mol. The van der Waals surface area contributed by atoms with E-state index in [2.05, 4.69) is 43.8 Å². The maximum atomic E-state index is 14.0. The van der Waals surface area contributed by atoms with Crippen LogP contribution in [0.2, 0.25) is 0 Å². The first-order valence-electron chi connectivity index (χ1n) is 24.2. The number of nitrogens with one attached hydrogen (secondary N) is 2. The van der Waals surface area contributed by atoms with Crippen molar-refractivity contribution >= 4 is 39.8 Å². The third-order valence-electron chi connectivity index (χ3n) is 11.8. The first kappa shape index (κ1) is 54.9. The summed E-state index contributed by atoms with van der Waals surface area (Å²) in [4.78, 5) is 56.1. The summed E-state index contributed by atoms with van der Waals surface area (Å²) in [5.74, 6) is -0.497. The maximum Gasteiger partial charge on any atom is 0.246 e. The molecule has 3 N–H and O–H groups in total. The number of aliphatic hydroxyl groups excluding tert-OH is 1. The van der Waals surface area contributed by atoms with E-state index in [1.165, 1.54) is 10.5 Å². The van der Waals surface area contributed by atoms with Crippen LogP contribution in [-0.4, -0.2) is 153 Å². The zero-order valence-electron chi connectivity index (χ0n) is 41.9. The Morgan fingerprint density at radius 3 is 2.03 bits per heavy atom. The fourth-order valence-electron chi connectivity index (χ4n) is 7.94. The highest BCUT2D eigenvalue weighted by molar-refractivity contribution is 7.13. The number of amides is 3. The zero-order valence-corrected chi connectivity index (χ0v) is 42.7. The van der Waals surface area contributed by atoms with Crippen LogP contribution in [0.3, 0.4) is 0 Å². The maximum absolute atomic E-state index is 14.0. The Balaban J connectivity index is 0.750. The fourth-order valence-corrected chi connectivity index (χ4v) is 8.75. The summed E-state index contributed by atoms with van der Waals surface area (Å²) in [6.45, 7) is 15.6. The predicted octanol–water partition coefficient (Wildman–Crippen LogP) is 5.81. The normalized spacial score (nSPS) is 15.7. The Kier molecular flexibility index (Phi) is 21.6. The lowest BCUT2D eigenvalue weighted by atomic mass is 9.85. The molecular weight excluding hydrogens is 929 g/mol. The van der Waals surface area contributed by atoms with Crippen molar-refractivity contribution in [1.29, 1.82) is 0 Å². The number of ether oxygens (including phenoxy) is 7. The van der Waals surface area contributed by atoms with Gasteiger partial charge in [-0.05, 0) is 54.3 Å². The van der Waals surface area contributed by atoms with Crippen LogP contribution >= 0.6 is 11.3 Å². The van der Waals surface area contributed by atoms with Crippen LogP contribution in [0.15, 0.2) is 78.7 Å². The number of aryl methyl sites for hydroxylation is 2. The highest BCUT2D eigenvalue weighted by atomic mass is 32.1. The minimum absolute atomic E-state index is 0.0190. The van der Waals surface area contributed by atoms with Crippen molar-refractivity contribution in [2.45, 2.75) is 78.6 Å². The number of nitrogens with zero attached hydrogens (tertiary/aromatic N) is 4. The zero-order chi connectivity index (χ0) is 50.6. The first-order valence-corrected chi connectivity index (χ1v) is 25.1. The van der Waals surface area contributed by atoms with E-state index in [0.717, 1.165) is 49.5 Å². The Bertz CT molecular complexity index is 2450. The van der Waals surface area contributed by atoms with Crippen molar-refractivity contribution in [2.24, 2.45) is 5.41 Å². The minimum atomic E-state index is -0.967. The first-order chi connectivity index (χ1) is 34.3. The molecule has 0 aliphatic carbocycles. The predicted molar refractivity (Wildman–Crippen MR) is 270 cm³/mol. The Morgan fingerprint density at radius 1 is 0.775 bits per heavy atom. The van der Waals surface area contributed by atoms with Gasteiger partial charge in [-0.3, -0.25) is 24.4 Å². The molecule has 3 aromatic heterocycles. The average molecular weight is 999 g/mol. The third kappa shape index (κ3) is 17.4. The second-order valence-electron chi connectivity index (χ2n) is 18.5. The lowest BCUT2D eigenvalue weighted by Crippen LogP contribution is -2.58. The molecule has 4 atom stereocenters. The van der Waals surface area contributed by atoms with Gasteiger partial charge in [0.2, 0.25) is 17.7 Å². The number of pyridine rings is 2. The van der Waals surface area contributed by atoms with Crippen LogP contribution in [-0.2, 0) is 49.2 Å². The van der Waals surface area contributed by atoms with E-state index in [0.29, 0.717) is 72.5 Å². The number of carbonyl (C=O) groups is 3. The van der Waals surface area contributed by atoms with Crippen molar-refractivity contribution in [3.05, 3.63) is 107 Å². The molecule has 5 aromatic rings. The van der Waals surface area contributed by atoms with Gasteiger partial charge in [-0.1, -0.05) is 63.2 Å². The molecule has 1 aliphatic rings. The van der Waals surface area contributed by atoms with E-state index in [1.54, 1.807) is 17.5 Å². The molecule has 71 heavy (non-hydrogen) atoms. The summed E-state index contributed by atoms with van der Waals surface area (Å²) in [5, 5.41) is 18.7. The van der Waals surface area contributed by atoms with E-state index in [1.807, 2.05) is 95.8 Å². The van der Waals surface area contributed by atoms with Gasteiger partial charge in [0.25, 0.3) is 0 Å². The van der Waals surface area contributed by atoms with Crippen LogP contribution in [0.4, 0.5) is 0 Å². The standard InChI is InChI=1S/C53H70N6O11S/c1-36-31-55-44(28-39-7-8-43-32-54-14-13-42(43)27-39)29-47(36)70-26-25-68-22-21-66-18-17-64-15-16-65-19-20-67-23-24-69-34-48(61)58-50(53(4,5)6)52(63)59-33-45(60)30-46(59)51(62)57-37(2)40-9-11-41(12-10-40)49-38(3)56-35-71-49/h7-14,27,29,31-32,35,37,45-46,50,60H,15-26,28,30,33-34H2,1-6H3,(H,57,62)(H,58,61)/t37-,45+,46-,50+/m0/s1. The molecule has 6 rings (SSSR count). The van der Waals surface area contributed by atoms with E-state index in [4.69, 9.17) is 33.2 Å². The Morgan fingerprint density at radius 2 is 1.41 bits per heavy atom. The Hall–Kier alpha value is -5.44. The van der Waals surface area contributed by atoms with Gasteiger partial charge in [0.15, 0.2) is 0 Å². The molecule has 1 fully saturated rings. The molecule has 18 heteroatoms. The van der Waals surface area contributed by atoms with Crippen LogP contribution < -0.4 is 15.4 Å². The van der Waals surface area contributed by atoms with E-state index in [-0.39, 0.29) is 44.7 Å². The molecule has 0 spiro atoms. The average Bonchev–Trinajstić information content (AvgIpc) is 3.97. The SMILES string of the molecule is Cc1cnc(Cc2ccc3cnccc3c2)cc1OCCOCCOCCOCCOCCOCCOCC(=O)N[C@H](C(=O)N1C[C@H](O)C[C@H]1C(=O)N[C@@H](C)c1ccc(-c2scnc2C)cc1)C(C)(C)C. The number of β-amino-alcohol motifs (C(OH)–C–C–N with tert-alkyl or cyclic N) is 1. The van der Waals surface area contributed by atoms with E-state index in [9.17, 15) is 19.5 Å². The number of thiazole rings is 1. The lowest BCUT2D eigenvalue weighted by molar-refractivity contribution is -0.144. The largest absolute Gasteiger partial charge is 0.491 e. The number of carbonyl (C=O) groups excluding carboxylic acids is 3. The van der Waals surface area contributed by atoms with Crippen LogP contribution in [0.1, 0.15) is 68.2 Å². The summed E-state index contributed by atoms with van der Waals surface area (Å²) in [7, 11) is 0. The number of hydrogen-bond donors (Lipinski definition) is 3. The van der Waals surface area contributed by atoms with Gasteiger partial charge in [0.1, 0.15) is 31.0 Å². The molecular formula is C53H70N6O11S. The molecule has 2 aromatic carbocycles. The number of rotatable bonds is 29. The molecule has 0 saturated carbocycles. The third-order valence-corrected chi connectivity index (χ3v) is 12.8. The van der Waals surface area contributed by atoms with Gasteiger partial charge < -0.3 is 53.8 Å². The quantitative estimate of drug-likeness (QED) is 0.0485. The summed E-state index contributed by atoms with van der Waals surface area (Å²) in [6, 6.07) is 16.1. The minimum Gasteiger partial charge on any atom is -0.491 e. The van der Waals surface area contributed by atoms with Gasteiger partial charge >= 0.3 is 0 Å². The summed E-state index contributed by atoms with van der Waals surface area (Å²) in [6.07, 6.45) is 5.43. The smallest absolute Gasteiger partial charge is 0.246 e. The fraction of sp³-hybridized carbons (Fsp3) is 0.509. The molecule has 384 valence electrons. The molecule has 0 radical (unpaired) electrons. The van der Waals surface area contributed by atoms with E-state index >= 15 is 0 Å². The second-order valence-corrected chi connectivity index (χ2v) is 19.4. The van der Waals surface area contributed by atoms with Gasteiger partial charge in [-0.15, -0.1) is 11.3 Å². The van der Waals surface area contributed by atoms with E-state index < -0.39 is 35.4 Å². The number of likely N-dealkylation sites (tertiary alicyclic amines) is 1. The second kappa shape index (κ2) is 28.0.